The van der Waals surface area contributed by atoms with Crippen LogP contribution in [0, 0.1) is 0 Å². The SMILES string of the molecule is CC(CC(=O)O)NC(=O)/C=C/c1ccc(N)cc1. The number of anilines is 1. The number of benzene rings is 1. The number of hydrogen-bond donors (Lipinski definition) is 3. The molecule has 0 aromatic heterocycles. The van der Waals surface area contributed by atoms with Crippen LogP contribution in [-0.4, -0.2) is 23.0 Å². The molecule has 0 aliphatic rings. The fourth-order valence-corrected chi connectivity index (χ4v) is 1.38. The Morgan fingerprint density at radius 1 is 1.39 bits per heavy atom. The summed E-state index contributed by atoms with van der Waals surface area (Å²) in [5.41, 5.74) is 7.05. The highest BCUT2D eigenvalue weighted by atomic mass is 16.4. The third-order valence-corrected chi connectivity index (χ3v) is 2.23. The zero-order valence-corrected chi connectivity index (χ0v) is 10.1. The Hall–Kier alpha value is -2.30. The van der Waals surface area contributed by atoms with E-state index in [-0.39, 0.29) is 12.3 Å². The van der Waals surface area contributed by atoms with E-state index in [1.165, 1.54) is 6.08 Å². The molecule has 1 rings (SSSR count). The van der Waals surface area contributed by atoms with Gasteiger partial charge >= 0.3 is 5.97 Å². The van der Waals surface area contributed by atoms with Crippen molar-refractivity contribution in [1.29, 1.82) is 0 Å². The molecule has 0 aliphatic heterocycles. The molecule has 0 bridgehead atoms. The van der Waals surface area contributed by atoms with E-state index in [2.05, 4.69) is 5.32 Å². The lowest BCUT2D eigenvalue weighted by Crippen LogP contribution is -2.32. The van der Waals surface area contributed by atoms with Gasteiger partial charge in [0.15, 0.2) is 0 Å². The molecule has 18 heavy (non-hydrogen) atoms. The summed E-state index contributed by atoms with van der Waals surface area (Å²) in [7, 11) is 0. The predicted octanol–water partition coefficient (Wildman–Crippen LogP) is 1.26. The van der Waals surface area contributed by atoms with Crippen LogP contribution in [0.3, 0.4) is 0 Å². The largest absolute Gasteiger partial charge is 0.481 e. The molecular weight excluding hydrogens is 232 g/mol. The molecule has 5 nitrogen and oxygen atoms in total. The third kappa shape index (κ3) is 5.16. The summed E-state index contributed by atoms with van der Waals surface area (Å²) in [6.45, 7) is 1.64. The number of nitrogens with one attached hydrogen (secondary N) is 1. The van der Waals surface area contributed by atoms with E-state index >= 15 is 0 Å². The molecule has 96 valence electrons. The lowest BCUT2D eigenvalue weighted by atomic mass is 10.2. The van der Waals surface area contributed by atoms with Crippen LogP contribution in [-0.2, 0) is 9.59 Å². The standard InChI is InChI=1S/C13H16N2O3/c1-9(8-13(17)18)15-12(16)7-4-10-2-5-11(14)6-3-10/h2-7,9H,8,14H2,1H3,(H,15,16)(H,17,18)/b7-4+. The highest BCUT2D eigenvalue weighted by Crippen LogP contribution is 2.06. The second-order valence-electron chi connectivity index (χ2n) is 4.01. The molecule has 0 saturated carbocycles. The molecule has 0 aliphatic carbocycles. The van der Waals surface area contributed by atoms with Gasteiger partial charge in [-0.15, -0.1) is 0 Å². The van der Waals surface area contributed by atoms with Crippen molar-refractivity contribution in [2.24, 2.45) is 0 Å². The summed E-state index contributed by atoms with van der Waals surface area (Å²) in [6, 6.07) is 6.67. The van der Waals surface area contributed by atoms with Crippen molar-refractivity contribution < 1.29 is 14.7 Å². The second-order valence-corrected chi connectivity index (χ2v) is 4.01. The van der Waals surface area contributed by atoms with Gasteiger partial charge in [0.25, 0.3) is 0 Å². The molecule has 0 saturated heterocycles. The van der Waals surface area contributed by atoms with Crippen molar-refractivity contribution in [3.05, 3.63) is 35.9 Å². The van der Waals surface area contributed by atoms with Crippen LogP contribution in [0.2, 0.25) is 0 Å². The Kier molecular flexibility index (Phi) is 4.92. The van der Waals surface area contributed by atoms with E-state index in [0.29, 0.717) is 5.69 Å². The van der Waals surface area contributed by atoms with Gasteiger partial charge in [-0.1, -0.05) is 12.1 Å². The minimum absolute atomic E-state index is 0.0958. The van der Waals surface area contributed by atoms with Crippen LogP contribution in [0.15, 0.2) is 30.3 Å². The Balaban J connectivity index is 2.49. The van der Waals surface area contributed by atoms with Crippen molar-refractivity contribution in [2.75, 3.05) is 5.73 Å². The second kappa shape index (κ2) is 6.44. The first-order valence-electron chi connectivity index (χ1n) is 5.53. The molecule has 1 amide bonds. The first-order chi connectivity index (χ1) is 8.47. The summed E-state index contributed by atoms with van der Waals surface area (Å²) < 4.78 is 0. The van der Waals surface area contributed by atoms with Crippen molar-refractivity contribution in [3.63, 3.8) is 0 Å². The maximum absolute atomic E-state index is 11.5. The van der Waals surface area contributed by atoms with Crippen molar-refractivity contribution in [3.8, 4) is 0 Å². The minimum Gasteiger partial charge on any atom is -0.481 e. The van der Waals surface area contributed by atoms with Crippen LogP contribution in [0.5, 0.6) is 0 Å². The first kappa shape index (κ1) is 13.8. The lowest BCUT2D eigenvalue weighted by molar-refractivity contribution is -0.137. The fraction of sp³-hybridized carbons (Fsp3) is 0.231. The number of carbonyl (C=O) groups excluding carboxylic acids is 1. The number of carboxylic acid groups (broad SMARTS) is 1. The van der Waals surface area contributed by atoms with Gasteiger partial charge in [-0.2, -0.15) is 0 Å². The smallest absolute Gasteiger partial charge is 0.305 e. The van der Waals surface area contributed by atoms with E-state index in [1.54, 1.807) is 37.3 Å². The maximum atomic E-state index is 11.5. The average molecular weight is 248 g/mol. The summed E-state index contributed by atoms with van der Waals surface area (Å²) >= 11 is 0. The third-order valence-electron chi connectivity index (χ3n) is 2.23. The normalized spacial score (nSPS) is 12.3. The van der Waals surface area contributed by atoms with E-state index in [1.807, 2.05) is 0 Å². The fourth-order valence-electron chi connectivity index (χ4n) is 1.38. The van der Waals surface area contributed by atoms with Gasteiger partial charge in [0.05, 0.1) is 6.42 Å². The number of aliphatic carboxylic acids is 1. The summed E-state index contributed by atoms with van der Waals surface area (Å²) in [5, 5.41) is 11.1. The van der Waals surface area contributed by atoms with Gasteiger partial charge in [-0.3, -0.25) is 9.59 Å². The Bertz CT molecular complexity index is 452. The topological polar surface area (TPSA) is 92.4 Å². The van der Waals surface area contributed by atoms with Gasteiger partial charge in [-0.05, 0) is 30.7 Å². The Morgan fingerprint density at radius 2 is 2.00 bits per heavy atom. The molecule has 1 unspecified atom stereocenters. The van der Waals surface area contributed by atoms with Gasteiger partial charge in [-0.25, -0.2) is 0 Å². The lowest BCUT2D eigenvalue weighted by Gasteiger charge is -2.08. The van der Waals surface area contributed by atoms with Crippen LogP contribution in [0.1, 0.15) is 18.9 Å². The number of carboxylic acids is 1. The van der Waals surface area contributed by atoms with Crippen molar-refractivity contribution in [2.45, 2.75) is 19.4 Å². The highest BCUT2D eigenvalue weighted by molar-refractivity contribution is 5.92. The Labute approximate surface area is 105 Å². The van der Waals surface area contributed by atoms with Crippen molar-refractivity contribution >= 4 is 23.6 Å². The van der Waals surface area contributed by atoms with Gasteiger partial charge < -0.3 is 16.2 Å². The molecule has 0 spiro atoms. The Morgan fingerprint density at radius 3 is 2.56 bits per heavy atom. The molecule has 0 radical (unpaired) electrons. The molecule has 5 heteroatoms. The number of amides is 1. The predicted molar refractivity (Wildman–Crippen MR) is 69.7 cm³/mol. The molecule has 4 N–H and O–H groups in total. The zero-order valence-electron chi connectivity index (χ0n) is 10.1. The zero-order chi connectivity index (χ0) is 13.5. The van der Waals surface area contributed by atoms with Gasteiger partial charge in [0.1, 0.15) is 0 Å². The minimum atomic E-state index is -0.940. The number of hydrogen-bond acceptors (Lipinski definition) is 3. The number of rotatable bonds is 5. The summed E-state index contributed by atoms with van der Waals surface area (Å²) in [5.74, 6) is -1.26. The molecule has 0 fully saturated rings. The maximum Gasteiger partial charge on any atom is 0.305 e. The van der Waals surface area contributed by atoms with Crippen molar-refractivity contribution in [1.82, 2.24) is 5.32 Å². The van der Waals surface area contributed by atoms with Crippen LogP contribution < -0.4 is 11.1 Å². The van der Waals surface area contributed by atoms with Crippen LogP contribution in [0.4, 0.5) is 5.69 Å². The van der Waals surface area contributed by atoms with E-state index in [4.69, 9.17) is 10.8 Å². The van der Waals surface area contributed by atoms with Gasteiger partial charge in [0, 0.05) is 17.8 Å². The molecule has 0 heterocycles. The molecule has 1 aromatic rings. The number of carbonyl (C=O) groups is 2. The molecular formula is C13H16N2O3. The highest BCUT2D eigenvalue weighted by Gasteiger charge is 2.08. The van der Waals surface area contributed by atoms with Crippen LogP contribution in [0.25, 0.3) is 6.08 Å². The van der Waals surface area contributed by atoms with E-state index in [0.717, 1.165) is 5.56 Å². The first-order valence-corrected chi connectivity index (χ1v) is 5.53. The summed E-state index contributed by atoms with van der Waals surface area (Å²) in [4.78, 5) is 21.9. The quantitative estimate of drug-likeness (QED) is 0.540. The van der Waals surface area contributed by atoms with E-state index < -0.39 is 12.0 Å². The molecule has 1 atom stereocenters. The number of nitrogens with two attached hydrogens (primary N) is 1. The molecule has 1 aromatic carbocycles. The summed E-state index contributed by atoms with van der Waals surface area (Å²) in [6.07, 6.45) is 2.91. The monoisotopic (exact) mass is 248 g/mol. The van der Waals surface area contributed by atoms with E-state index in [9.17, 15) is 9.59 Å². The average Bonchev–Trinajstić information content (AvgIpc) is 2.27. The number of nitrogen functional groups attached to an aromatic ring is 1. The van der Waals surface area contributed by atoms with Crippen LogP contribution >= 0.6 is 0 Å². The van der Waals surface area contributed by atoms with Gasteiger partial charge in [0.2, 0.25) is 5.91 Å².